The Morgan fingerprint density at radius 1 is 1.42 bits per heavy atom. The Bertz CT molecular complexity index is 504. The molecule has 3 N–H and O–H groups in total. The normalized spacial score (nSPS) is 18.8. The van der Waals surface area contributed by atoms with E-state index in [1.807, 2.05) is 14.0 Å². The molecule has 1 aliphatic carbocycles. The first-order chi connectivity index (χ1) is 9.03. The van der Waals surface area contributed by atoms with Crippen molar-refractivity contribution in [3.05, 3.63) is 18.0 Å². The lowest BCUT2D eigenvalue weighted by Crippen LogP contribution is -2.37. The summed E-state index contributed by atoms with van der Waals surface area (Å²) < 4.78 is 27.3. The molecular weight excluding hydrogens is 262 g/mol. The van der Waals surface area contributed by atoms with Crippen molar-refractivity contribution < 1.29 is 8.42 Å². The van der Waals surface area contributed by atoms with E-state index in [1.165, 1.54) is 12.8 Å². The molecule has 1 aromatic heterocycles. The summed E-state index contributed by atoms with van der Waals surface area (Å²) in [5.41, 5.74) is 0.872. The van der Waals surface area contributed by atoms with E-state index >= 15 is 0 Å². The molecule has 2 rings (SSSR count). The molecule has 0 aliphatic heterocycles. The standard InChI is InChI=1S/C13H23N3O2S/c1-10(11-5-3-4-6-11)16-19(17,18)13-7-12(8-14-2)15-9-13/h7,9-11,14-16H,3-6,8H2,1-2H3. The molecule has 0 radical (unpaired) electrons. The maximum absolute atomic E-state index is 12.3. The lowest BCUT2D eigenvalue weighted by molar-refractivity contribution is 0.424. The van der Waals surface area contributed by atoms with Gasteiger partial charge in [0.1, 0.15) is 0 Å². The quantitative estimate of drug-likeness (QED) is 0.743. The Morgan fingerprint density at radius 3 is 2.74 bits per heavy atom. The van der Waals surface area contributed by atoms with Gasteiger partial charge in [-0.2, -0.15) is 0 Å². The van der Waals surface area contributed by atoms with E-state index in [4.69, 9.17) is 0 Å². The number of rotatable bonds is 6. The van der Waals surface area contributed by atoms with Crippen molar-refractivity contribution in [1.82, 2.24) is 15.0 Å². The van der Waals surface area contributed by atoms with Crippen LogP contribution in [0.3, 0.4) is 0 Å². The van der Waals surface area contributed by atoms with Gasteiger partial charge in [0, 0.05) is 24.5 Å². The minimum Gasteiger partial charge on any atom is -0.363 e. The molecule has 0 bridgehead atoms. The molecule has 1 atom stereocenters. The van der Waals surface area contributed by atoms with Crippen LogP contribution in [0.2, 0.25) is 0 Å². The van der Waals surface area contributed by atoms with Crippen LogP contribution in [0.15, 0.2) is 17.2 Å². The second kappa shape index (κ2) is 6.07. The van der Waals surface area contributed by atoms with Gasteiger partial charge in [0.25, 0.3) is 0 Å². The summed E-state index contributed by atoms with van der Waals surface area (Å²) in [7, 11) is -1.57. The van der Waals surface area contributed by atoms with Crippen LogP contribution in [0.5, 0.6) is 0 Å². The van der Waals surface area contributed by atoms with E-state index in [0.717, 1.165) is 18.5 Å². The maximum atomic E-state index is 12.3. The molecule has 5 nitrogen and oxygen atoms in total. The minimum atomic E-state index is -3.40. The van der Waals surface area contributed by atoms with Gasteiger partial charge in [-0.1, -0.05) is 12.8 Å². The van der Waals surface area contributed by atoms with E-state index < -0.39 is 10.0 Å². The molecule has 1 aliphatic rings. The Kier molecular flexibility index (Phi) is 4.65. The highest BCUT2D eigenvalue weighted by Gasteiger charge is 2.26. The summed E-state index contributed by atoms with van der Waals surface area (Å²) in [6, 6.07) is 1.69. The van der Waals surface area contributed by atoms with Gasteiger partial charge in [0.05, 0.1) is 4.90 Å². The van der Waals surface area contributed by atoms with Gasteiger partial charge in [-0.25, -0.2) is 13.1 Å². The van der Waals surface area contributed by atoms with Crippen LogP contribution in [0.4, 0.5) is 0 Å². The molecule has 19 heavy (non-hydrogen) atoms. The summed E-state index contributed by atoms with van der Waals surface area (Å²) in [6.45, 7) is 2.60. The molecule has 1 unspecified atom stereocenters. The Balaban J connectivity index is 2.03. The molecular formula is C13H23N3O2S. The van der Waals surface area contributed by atoms with E-state index in [1.54, 1.807) is 12.3 Å². The second-order valence-electron chi connectivity index (χ2n) is 5.35. The molecule has 1 aromatic rings. The highest BCUT2D eigenvalue weighted by atomic mass is 32.2. The topological polar surface area (TPSA) is 74.0 Å². The molecule has 0 aromatic carbocycles. The number of H-pyrrole nitrogens is 1. The number of aromatic amines is 1. The van der Waals surface area contributed by atoms with E-state index in [9.17, 15) is 8.42 Å². The first kappa shape index (κ1) is 14.6. The highest BCUT2D eigenvalue weighted by molar-refractivity contribution is 7.89. The van der Waals surface area contributed by atoms with Crippen LogP contribution >= 0.6 is 0 Å². The summed E-state index contributed by atoms with van der Waals surface area (Å²) in [4.78, 5) is 3.30. The van der Waals surface area contributed by atoms with Crippen LogP contribution in [-0.2, 0) is 16.6 Å². The largest absolute Gasteiger partial charge is 0.363 e. The first-order valence-electron chi connectivity index (χ1n) is 6.87. The van der Waals surface area contributed by atoms with Gasteiger partial charge >= 0.3 is 0 Å². The Labute approximate surface area is 115 Å². The predicted octanol–water partition coefficient (Wildman–Crippen LogP) is 1.59. The molecule has 6 heteroatoms. The van der Waals surface area contributed by atoms with Crippen molar-refractivity contribution in [2.24, 2.45) is 5.92 Å². The van der Waals surface area contributed by atoms with Crippen LogP contribution in [-0.4, -0.2) is 26.5 Å². The van der Waals surface area contributed by atoms with Crippen molar-refractivity contribution in [1.29, 1.82) is 0 Å². The van der Waals surface area contributed by atoms with Crippen molar-refractivity contribution in [2.75, 3.05) is 7.05 Å². The van der Waals surface area contributed by atoms with Crippen LogP contribution < -0.4 is 10.0 Å². The molecule has 0 saturated heterocycles. The molecule has 108 valence electrons. The van der Waals surface area contributed by atoms with Crippen LogP contribution in [0, 0.1) is 5.92 Å². The fraction of sp³-hybridized carbons (Fsp3) is 0.692. The monoisotopic (exact) mass is 285 g/mol. The van der Waals surface area contributed by atoms with Gasteiger partial charge in [-0.3, -0.25) is 0 Å². The third-order valence-corrected chi connectivity index (χ3v) is 5.38. The zero-order valence-corrected chi connectivity index (χ0v) is 12.4. The molecule has 1 heterocycles. The zero-order chi connectivity index (χ0) is 13.9. The van der Waals surface area contributed by atoms with E-state index in [-0.39, 0.29) is 6.04 Å². The predicted molar refractivity (Wildman–Crippen MR) is 75.3 cm³/mol. The summed E-state index contributed by atoms with van der Waals surface area (Å²) in [5, 5.41) is 2.99. The highest BCUT2D eigenvalue weighted by Crippen LogP contribution is 2.28. The SMILES string of the molecule is CNCc1cc(S(=O)(=O)NC(C)C2CCCC2)c[nH]1. The number of sulfonamides is 1. The van der Waals surface area contributed by atoms with Gasteiger partial charge < -0.3 is 10.3 Å². The van der Waals surface area contributed by atoms with Crippen molar-refractivity contribution in [3.63, 3.8) is 0 Å². The summed E-state index contributed by atoms with van der Waals surface area (Å²) >= 11 is 0. The molecule has 0 amide bonds. The number of aromatic nitrogens is 1. The first-order valence-corrected chi connectivity index (χ1v) is 8.35. The molecule has 1 fully saturated rings. The molecule has 1 saturated carbocycles. The van der Waals surface area contributed by atoms with Crippen LogP contribution in [0.1, 0.15) is 38.3 Å². The van der Waals surface area contributed by atoms with Crippen molar-refractivity contribution >= 4 is 10.0 Å². The van der Waals surface area contributed by atoms with Gasteiger partial charge in [-0.15, -0.1) is 0 Å². The van der Waals surface area contributed by atoms with Crippen LogP contribution in [0.25, 0.3) is 0 Å². The summed E-state index contributed by atoms with van der Waals surface area (Å²) in [5.74, 6) is 0.477. The second-order valence-corrected chi connectivity index (χ2v) is 7.06. The smallest absolute Gasteiger partial charge is 0.242 e. The van der Waals surface area contributed by atoms with Gasteiger partial charge in [0.15, 0.2) is 0 Å². The van der Waals surface area contributed by atoms with Gasteiger partial charge in [0.2, 0.25) is 10.0 Å². The Hall–Kier alpha value is -0.850. The van der Waals surface area contributed by atoms with Crippen molar-refractivity contribution in [2.45, 2.75) is 50.1 Å². The number of nitrogens with one attached hydrogen (secondary N) is 3. The van der Waals surface area contributed by atoms with E-state index in [0.29, 0.717) is 17.4 Å². The van der Waals surface area contributed by atoms with Gasteiger partial charge in [-0.05, 0) is 38.8 Å². The minimum absolute atomic E-state index is 0.00940. The molecule has 0 spiro atoms. The average molecular weight is 285 g/mol. The lowest BCUT2D eigenvalue weighted by atomic mass is 10.0. The zero-order valence-electron chi connectivity index (χ0n) is 11.6. The maximum Gasteiger partial charge on any atom is 0.242 e. The summed E-state index contributed by atoms with van der Waals surface area (Å²) in [6.07, 6.45) is 6.24. The van der Waals surface area contributed by atoms with Crippen molar-refractivity contribution in [3.8, 4) is 0 Å². The fourth-order valence-corrected chi connectivity index (χ4v) is 4.06. The Morgan fingerprint density at radius 2 is 2.11 bits per heavy atom. The third-order valence-electron chi connectivity index (χ3n) is 3.84. The number of hydrogen-bond donors (Lipinski definition) is 3. The number of hydrogen-bond acceptors (Lipinski definition) is 3. The van der Waals surface area contributed by atoms with E-state index in [2.05, 4.69) is 15.0 Å². The fourth-order valence-electron chi connectivity index (χ4n) is 2.73. The average Bonchev–Trinajstić information content (AvgIpc) is 2.99. The third kappa shape index (κ3) is 3.58. The lowest BCUT2D eigenvalue weighted by Gasteiger charge is -2.19.